The van der Waals surface area contributed by atoms with Crippen molar-refractivity contribution in [3.05, 3.63) is 95.8 Å². The number of aryl methyl sites for hydroxylation is 1. The molecule has 0 saturated heterocycles. The van der Waals surface area contributed by atoms with Gasteiger partial charge in [-0.1, -0.05) is 73.3 Å². The number of rotatable bonds is 6. The molecular weight excluding hydrogens is 420 g/mol. The average Bonchev–Trinajstić information content (AvgIpc) is 3.31. The third kappa shape index (κ3) is 3.87. The van der Waals surface area contributed by atoms with Crippen LogP contribution in [0.5, 0.6) is 11.5 Å². The van der Waals surface area contributed by atoms with E-state index >= 15 is 0 Å². The lowest BCUT2D eigenvalue weighted by atomic mass is 9.94. The maximum absolute atomic E-state index is 13.0. The van der Waals surface area contributed by atoms with Crippen LogP contribution in [0.1, 0.15) is 29.7 Å². The molecule has 7 heteroatoms. The molecule has 0 radical (unpaired) electrons. The molecule has 1 aliphatic rings. The lowest BCUT2D eigenvalue weighted by Crippen LogP contribution is -2.32. The van der Waals surface area contributed by atoms with E-state index in [1.807, 2.05) is 71.3 Å². The van der Waals surface area contributed by atoms with Gasteiger partial charge < -0.3 is 10.1 Å². The molecule has 1 aliphatic heterocycles. The van der Waals surface area contributed by atoms with Gasteiger partial charge in [-0.2, -0.15) is 0 Å². The van der Waals surface area contributed by atoms with Gasteiger partial charge in [-0.3, -0.25) is 9.36 Å². The molecule has 1 N–H and O–H groups in total. The van der Waals surface area contributed by atoms with Crippen LogP contribution in [0.4, 0.5) is 0 Å². The first kappa shape index (κ1) is 20.3. The highest BCUT2D eigenvalue weighted by atomic mass is 32.2. The molecule has 5 rings (SSSR count). The average molecular weight is 443 g/mol. The number of nitrogens with zero attached hydrogens (tertiary/aromatic N) is 3. The van der Waals surface area contributed by atoms with Crippen LogP contribution in [0.15, 0.2) is 84.3 Å². The number of hydrogen-bond donors (Lipinski definition) is 1. The summed E-state index contributed by atoms with van der Waals surface area (Å²) in [7, 11) is 0. The maximum Gasteiger partial charge on any atom is 0.231 e. The summed E-state index contributed by atoms with van der Waals surface area (Å²) < 4.78 is 7.96. The number of nitrogens with one attached hydrogen (secondary N) is 1. The van der Waals surface area contributed by atoms with Crippen LogP contribution in [0, 0.1) is 0 Å². The molecule has 2 heterocycles. The smallest absolute Gasteiger partial charge is 0.231 e. The summed E-state index contributed by atoms with van der Waals surface area (Å²) in [6.45, 7) is 2.12. The van der Waals surface area contributed by atoms with Gasteiger partial charge in [0, 0.05) is 11.1 Å². The zero-order chi connectivity index (χ0) is 21.9. The van der Waals surface area contributed by atoms with Gasteiger partial charge in [-0.25, -0.2) is 0 Å². The number of carbonyl (C=O) groups excluding carboxylic acids is 1. The second-order valence-electron chi connectivity index (χ2n) is 7.43. The molecule has 32 heavy (non-hydrogen) atoms. The Morgan fingerprint density at radius 2 is 1.66 bits per heavy atom. The van der Waals surface area contributed by atoms with E-state index < -0.39 is 0 Å². The summed E-state index contributed by atoms with van der Waals surface area (Å²) in [5.41, 5.74) is 4.14. The Hall–Kier alpha value is -3.58. The first-order chi connectivity index (χ1) is 15.7. The fourth-order valence-electron chi connectivity index (χ4n) is 3.93. The number of aromatic nitrogens is 3. The molecule has 6 nitrogen and oxygen atoms in total. The van der Waals surface area contributed by atoms with E-state index in [0.29, 0.717) is 5.16 Å². The first-order valence-corrected chi connectivity index (χ1v) is 11.5. The standard InChI is InChI=1S/C25H22N4O2S/c1-2-17-9-3-6-12-20(17)29-16-26-28-25(29)32-15-23(30)27-24-18-10-4-7-13-21(18)31-22-14-8-5-11-19(22)24/h3-14,16,24H,2,15H2,1H3,(H,27,30). The van der Waals surface area contributed by atoms with Crippen molar-refractivity contribution in [3.63, 3.8) is 0 Å². The fraction of sp³-hybridized carbons (Fsp3) is 0.160. The van der Waals surface area contributed by atoms with Crippen molar-refractivity contribution < 1.29 is 9.53 Å². The van der Waals surface area contributed by atoms with E-state index in [0.717, 1.165) is 34.7 Å². The first-order valence-electron chi connectivity index (χ1n) is 10.5. The molecule has 4 aromatic rings. The molecule has 0 saturated carbocycles. The summed E-state index contributed by atoms with van der Waals surface area (Å²) in [5.74, 6) is 1.68. The number of amides is 1. The molecule has 1 aromatic heterocycles. The van der Waals surface area contributed by atoms with Crippen LogP contribution in [0.2, 0.25) is 0 Å². The highest BCUT2D eigenvalue weighted by Crippen LogP contribution is 2.42. The number of ether oxygens (including phenoxy) is 1. The lowest BCUT2D eigenvalue weighted by molar-refractivity contribution is -0.119. The second-order valence-corrected chi connectivity index (χ2v) is 8.38. The summed E-state index contributed by atoms with van der Waals surface area (Å²) in [4.78, 5) is 13.0. The Morgan fingerprint density at radius 3 is 2.38 bits per heavy atom. The van der Waals surface area contributed by atoms with Gasteiger partial charge in [0.05, 0.1) is 17.5 Å². The largest absolute Gasteiger partial charge is 0.457 e. The summed E-state index contributed by atoms with van der Waals surface area (Å²) in [5, 5.41) is 12.2. The zero-order valence-corrected chi connectivity index (χ0v) is 18.4. The van der Waals surface area contributed by atoms with Gasteiger partial charge >= 0.3 is 0 Å². The van der Waals surface area contributed by atoms with Crippen molar-refractivity contribution >= 4 is 17.7 Å². The highest BCUT2D eigenvalue weighted by molar-refractivity contribution is 7.99. The van der Waals surface area contributed by atoms with E-state index in [-0.39, 0.29) is 17.7 Å². The van der Waals surface area contributed by atoms with Crippen LogP contribution < -0.4 is 10.1 Å². The zero-order valence-electron chi connectivity index (χ0n) is 17.6. The second kappa shape index (κ2) is 8.88. The van der Waals surface area contributed by atoms with E-state index in [2.05, 4.69) is 28.5 Å². The number of fused-ring (bicyclic) bond motifs is 2. The van der Waals surface area contributed by atoms with Gasteiger partial charge in [0.25, 0.3) is 0 Å². The molecule has 3 aromatic carbocycles. The molecule has 0 unspecified atom stereocenters. The van der Waals surface area contributed by atoms with Crippen molar-refractivity contribution in [3.8, 4) is 17.2 Å². The van der Waals surface area contributed by atoms with Crippen LogP contribution in [0.25, 0.3) is 5.69 Å². The minimum Gasteiger partial charge on any atom is -0.457 e. The Labute approximate surface area is 190 Å². The van der Waals surface area contributed by atoms with Gasteiger partial charge in [-0.15, -0.1) is 10.2 Å². The highest BCUT2D eigenvalue weighted by Gasteiger charge is 2.28. The predicted molar refractivity (Wildman–Crippen MR) is 124 cm³/mol. The van der Waals surface area contributed by atoms with Crippen molar-refractivity contribution in [1.29, 1.82) is 0 Å². The molecule has 160 valence electrons. The number of hydrogen-bond acceptors (Lipinski definition) is 5. The normalized spacial score (nSPS) is 12.5. The number of para-hydroxylation sites is 3. The minimum absolute atomic E-state index is 0.0789. The maximum atomic E-state index is 13.0. The van der Waals surface area contributed by atoms with E-state index in [1.165, 1.54) is 17.3 Å². The molecule has 0 bridgehead atoms. The van der Waals surface area contributed by atoms with E-state index in [9.17, 15) is 4.79 Å². The molecule has 0 atom stereocenters. The third-order valence-corrected chi connectivity index (χ3v) is 6.41. The number of benzene rings is 3. The molecule has 1 amide bonds. The lowest BCUT2D eigenvalue weighted by Gasteiger charge is -2.28. The summed E-state index contributed by atoms with van der Waals surface area (Å²) in [6.07, 6.45) is 2.60. The summed E-state index contributed by atoms with van der Waals surface area (Å²) >= 11 is 1.37. The van der Waals surface area contributed by atoms with E-state index in [4.69, 9.17) is 4.74 Å². The van der Waals surface area contributed by atoms with Crippen LogP contribution in [0.3, 0.4) is 0 Å². The summed E-state index contributed by atoms with van der Waals surface area (Å²) in [6, 6.07) is 23.5. The molecule has 0 fully saturated rings. The van der Waals surface area contributed by atoms with Crippen LogP contribution >= 0.6 is 11.8 Å². The Balaban J connectivity index is 1.34. The van der Waals surface area contributed by atoms with E-state index in [1.54, 1.807) is 6.33 Å². The van der Waals surface area contributed by atoms with Crippen molar-refractivity contribution in [2.45, 2.75) is 24.5 Å². The van der Waals surface area contributed by atoms with Crippen molar-refractivity contribution in [1.82, 2.24) is 20.1 Å². The topological polar surface area (TPSA) is 69.0 Å². The monoisotopic (exact) mass is 442 g/mol. The predicted octanol–water partition coefficient (Wildman–Crippen LogP) is 4.93. The Morgan fingerprint density at radius 1 is 1.00 bits per heavy atom. The fourth-order valence-corrected chi connectivity index (χ4v) is 4.66. The Kier molecular flexibility index (Phi) is 5.64. The van der Waals surface area contributed by atoms with Crippen molar-refractivity contribution in [2.24, 2.45) is 0 Å². The minimum atomic E-state index is -0.261. The molecule has 0 aliphatic carbocycles. The van der Waals surface area contributed by atoms with Crippen LogP contribution in [-0.4, -0.2) is 26.4 Å². The molecule has 0 spiro atoms. The number of carbonyl (C=O) groups is 1. The number of thioether (sulfide) groups is 1. The SMILES string of the molecule is CCc1ccccc1-n1cnnc1SCC(=O)NC1c2ccccc2Oc2ccccc21. The molecular formula is C25H22N4O2S. The van der Waals surface area contributed by atoms with Gasteiger partial charge in [0.2, 0.25) is 5.91 Å². The Bertz CT molecular complexity index is 1220. The van der Waals surface area contributed by atoms with Crippen molar-refractivity contribution in [2.75, 3.05) is 5.75 Å². The quantitative estimate of drug-likeness (QED) is 0.429. The van der Waals surface area contributed by atoms with Gasteiger partial charge in [0.1, 0.15) is 17.8 Å². The third-order valence-electron chi connectivity index (χ3n) is 5.47. The van der Waals surface area contributed by atoms with Gasteiger partial charge in [0.15, 0.2) is 5.16 Å². The van der Waals surface area contributed by atoms with Crippen LogP contribution in [-0.2, 0) is 11.2 Å². The van der Waals surface area contributed by atoms with Gasteiger partial charge in [-0.05, 0) is 30.2 Å².